The lowest BCUT2D eigenvalue weighted by molar-refractivity contribution is -0.139. The van der Waals surface area contributed by atoms with E-state index in [1.165, 1.54) is 13.2 Å². The molecule has 1 aromatic carbocycles. The fraction of sp³-hybridized carbons (Fsp3) is 0.300. The summed E-state index contributed by atoms with van der Waals surface area (Å²) in [4.78, 5) is 10.5. The third kappa shape index (κ3) is 3.18. The van der Waals surface area contributed by atoms with Gasteiger partial charge in [-0.2, -0.15) is 0 Å². The van der Waals surface area contributed by atoms with Crippen LogP contribution >= 0.6 is 27.5 Å². The topological polar surface area (TPSA) is 26.3 Å². The minimum Gasteiger partial charge on any atom is -0.468 e. The van der Waals surface area contributed by atoms with Crippen molar-refractivity contribution in [3.05, 3.63) is 34.6 Å². The second-order valence-corrected chi connectivity index (χ2v) is 4.42. The van der Waals surface area contributed by atoms with Gasteiger partial charge in [-0.25, -0.2) is 4.39 Å². The maximum atomic E-state index is 13.4. The number of carbonyl (C=O) groups excluding carboxylic acids is 1. The van der Waals surface area contributed by atoms with E-state index in [0.717, 1.165) is 0 Å². The highest BCUT2D eigenvalue weighted by atomic mass is 79.9. The zero-order valence-corrected chi connectivity index (χ0v) is 10.3. The number of rotatable bonds is 3. The summed E-state index contributed by atoms with van der Waals surface area (Å²) in [6, 6.07) is 4.68. The third-order valence-corrected chi connectivity index (χ3v) is 2.88. The zero-order valence-electron chi connectivity index (χ0n) is 7.97. The highest BCUT2D eigenvalue weighted by Crippen LogP contribution is 2.21. The highest BCUT2D eigenvalue weighted by Gasteiger charge is 2.18. The molecular formula is C10H9BrClFO2. The molecule has 0 aromatic heterocycles. The second-order valence-electron chi connectivity index (χ2n) is 2.91. The molecule has 5 heteroatoms. The molecule has 1 aromatic rings. The second kappa shape index (κ2) is 5.47. The van der Waals surface area contributed by atoms with Crippen molar-refractivity contribution in [1.82, 2.24) is 0 Å². The molecule has 0 aliphatic heterocycles. The molecular weight excluding hydrogens is 286 g/mol. The van der Waals surface area contributed by atoms with Gasteiger partial charge >= 0.3 is 5.97 Å². The summed E-state index contributed by atoms with van der Waals surface area (Å²) in [5.74, 6) is -0.929. The molecule has 1 unspecified atom stereocenters. The Hall–Kier alpha value is -0.610. The van der Waals surface area contributed by atoms with Crippen molar-refractivity contribution in [1.29, 1.82) is 0 Å². The number of carbonyl (C=O) groups is 1. The quantitative estimate of drug-likeness (QED) is 0.633. The minimum absolute atomic E-state index is 0.0528. The average molecular weight is 296 g/mol. The van der Waals surface area contributed by atoms with Crippen LogP contribution in [0.2, 0.25) is 5.02 Å². The number of alkyl halides is 1. The molecule has 82 valence electrons. The van der Waals surface area contributed by atoms with Gasteiger partial charge in [-0.15, -0.1) is 0 Å². The van der Waals surface area contributed by atoms with E-state index in [4.69, 9.17) is 11.6 Å². The molecule has 0 N–H and O–H groups in total. The van der Waals surface area contributed by atoms with Gasteiger partial charge in [0.25, 0.3) is 0 Å². The summed E-state index contributed by atoms with van der Waals surface area (Å²) < 4.78 is 17.9. The lowest BCUT2D eigenvalue weighted by Crippen LogP contribution is -2.18. The third-order valence-electron chi connectivity index (χ3n) is 1.89. The van der Waals surface area contributed by atoms with E-state index in [9.17, 15) is 9.18 Å². The number of halogens is 3. The van der Waals surface area contributed by atoms with Crippen molar-refractivity contribution in [3.63, 3.8) is 0 Å². The van der Waals surface area contributed by atoms with Crippen molar-refractivity contribution < 1.29 is 13.9 Å². The van der Waals surface area contributed by atoms with Crippen LogP contribution in [0.1, 0.15) is 5.56 Å². The highest BCUT2D eigenvalue weighted by molar-refractivity contribution is 9.10. The standard InChI is InChI=1S/C10H9BrClFO2/c1-15-10(14)7(11)5-6-3-2-4-8(12)9(6)13/h2-4,7H,5H2,1H3. The van der Waals surface area contributed by atoms with Gasteiger partial charge in [-0.1, -0.05) is 39.7 Å². The Kier molecular flexibility index (Phi) is 4.54. The average Bonchev–Trinajstić information content (AvgIpc) is 2.23. The normalized spacial score (nSPS) is 12.3. The molecule has 0 radical (unpaired) electrons. The smallest absolute Gasteiger partial charge is 0.319 e. The van der Waals surface area contributed by atoms with Gasteiger partial charge in [0, 0.05) is 0 Å². The number of ether oxygens (including phenoxy) is 1. The van der Waals surface area contributed by atoms with Crippen LogP contribution in [-0.4, -0.2) is 17.9 Å². The number of hydrogen-bond donors (Lipinski definition) is 0. The Labute approximate surface area is 101 Å². The van der Waals surface area contributed by atoms with E-state index in [2.05, 4.69) is 20.7 Å². The molecule has 1 rings (SSSR count). The van der Waals surface area contributed by atoms with E-state index < -0.39 is 16.6 Å². The maximum absolute atomic E-state index is 13.4. The molecule has 0 spiro atoms. The summed E-state index contributed by atoms with van der Waals surface area (Å²) in [6.45, 7) is 0. The van der Waals surface area contributed by atoms with E-state index in [1.807, 2.05) is 0 Å². The Morgan fingerprint density at radius 3 is 2.93 bits per heavy atom. The molecule has 1 atom stereocenters. The first kappa shape index (κ1) is 12.5. The van der Waals surface area contributed by atoms with Crippen molar-refractivity contribution in [2.45, 2.75) is 11.2 Å². The zero-order chi connectivity index (χ0) is 11.4. The van der Waals surface area contributed by atoms with Gasteiger partial charge < -0.3 is 4.74 Å². The van der Waals surface area contributed by atoms with Crippen molar-refractivity contribution in [3.8, 4) is 0 Å². The van der Waals surface area contributed by atoms with Crippen LogP contribution in [0.15, 0.2) is 18.2 Å². The molecule has 0 heterocycles. The largest absolute Gasteiger partial charge is 0.468 e. The Morgan fingerprint density at radius 1 is 1.67 bits per heavy atom. The predicted molar refractivity (Wildman–Crippen MR) is 59.8 cm³/mol. The van der Waals surface area contributed by atoms with Crippen LogP contribution in [0.5, 0.6) is 0 Å². The summed E-state index contributed by atoms with van der Waals surface area (Å²) in [7, 11) is 1.28. The van der Waals surface area contributed by atoms with E-state index >= 15 is 0 Å². The summed E-state index contributed by atoms with van der Waals surface area (Å²) in [5.41, 5.74) is 0.384. The van der Waals surface area contributed by atoms with Crippen LogP contribution in [-0.2, 0) is 16.0 Å². The Balaban J connectivity index is 2.81. The first-order chi connectivity index (χ1) is 7.06. The molecule has 2 nitrogen and oxygen atoms in total. The van der Waals surface area contributed by atoms with Crippen LogP contribution in [0.3, 0.4) is 0 Å². The first-order valence-electron chi connectivity index (χ1n) is 4.21. The molecule has 0 amide bonds. The Morgan fingerprint density at radius 2 is 2.33 bits per heavy atom. The molecule has 0 aliphatic carbocycles. The SMILES string of the molecule is COC(=O)C(Br)Cc1cccc(Cl)c1F. The predicted octanol–water partition coefficient (Wildman–Crippen LogP) is 2.96. The summed E-state index contributed by atoms with van der Waals surface area (Å²) in [5, 5.41) is 0.0528. The van der Waals surface area contributed by atoms with Gasteiger partial charge in [0.2, 0.25) is 0 Å². The molecule has 0 fully saturated rings. The van der Waals surface area contributed by atoms with E-state index in [1.54, 1.807) is 12.1 Å². The van der Waals surface area contributed by atoms with Gasteiger partial charge in [-0.05, 0) is 18.1 Å². The maximum Gasteiger partial charge on any atom is 0.319 e. The summed E-state index contributed by atoms with van der Waals surface area (Å²) >= 11 is 8.72. The van der Waals surface area contributed by atoms with Crippen LogP contribution in [0, 0.1) is 5.82 Å². The van der Waals surface area contributed by atoms with Crippen molar-refractivity contribution in [2.24, 2.45) is 0 Å². The van der Waals surface area contributed by atoms with Crippen molar-refractivity contribution >= 4 is 33.5 Å². The molecule has 0 aliphatic rings. The lowest BCUT2D eigenvalue weighted by atomic mass is 10.1. The Bertz CT molecular complexity index is 370. The first-order valence-corrected chi connectivity index (χ1v) is 5.50. The lowest BCUT2D eigenvalue weighted by Gasteiger charge is -2.08. The number of hydrogen-bond acceptors (Lipinski definition) is 2. The molecule has 0 saturated carbocycles. The number of methoxy groups -OCH3 is 1. The minimum atomic E-state index is -0.560. The fourth-order valence-electron chi connectivity index (χ4n) is 1.11. The van der Waals surface area contributed by atoms with Gasteiger partial charge in [0.15, 0.2) is 0 Å². The fourth-order valence-corrected chi connectivity index (χ4v) is 1.84. The summed E-state index contributed by atoms with van der Waals surface area (Å²) in [6.07, 6.45) is 0.207. The van der Waals surface area contributed by atoms with Crippen LogP contribution in [0.25, 0.3) is 0 Å². The van der Waals surface area contributed by atoms with Crippen LogP contribution < -0.4 is 0 Å². The number of esters is 1. The molecule has 0 bridgehead atoms. The van der Waals surface area contributed by atoms with Gasteiger partial charge in [-0.3, -0.25) is 4.79 Å². The monoisotopic (exact) mass is 294 g/mol. The number of benzene rings is 1. The molecule has 0 saturated heterocycles. The van der Waals surface area contributed by atoms with E-state index in [-0.39, 0.29) is 11.4 Å². The van der Waals surface area contributed by atoms with E-state index in [0.29, 0.717) is 5.56 Å². The molecule has 15 heavy (non-hydrogen) atoms. The van der Waals surface area contributed by atoms with Crippen LogP contribution in [0.4, 0.5) is 4.39 Å². The van der Waals surface area contributed by atoms with Gasteiger partial charge in [0.05, 0.1) is 12.1 Å². The van der Waals surface area contributed by atoms with Gasteiger partial charge in [0.1, 0.15) is 10.6 Å². The van der Waals surface area contributed by atoms with Crippen molar-refractivity contribution in [2.75, 3.05) is 7.11 Å².